The van der Waals surface area contributed by atoms with E-state index in [-0.39, 0.29) is 23.9 Å². The van der Waals surface area contributed by atoms with E-state index >= 15 is 0 Å². The third-order valence-corrected chi connectivity index (χ3v) is 3.21. The number of benzene rings is 2. The van der Waals surface area contributed by atoms with Crippen LogP contribution < -0.4 is 10.1 Å². The molecule has 0 unspecified atom stereocenters. The van der Waals surface area contributed by atoms with Crippen molar-refractivity contribution in [3.8, 4) is 5.75 Å². The first-order valence-corrected chi connectivity index (χ1v) is 7.29. The SMILES string of the molecule is CC(C)Oc1ccccc1C(=O)N[C@@H](C)c1ccc(F)cc1. The molecule has 2 aromatic rings. The molecule has 0 aliphatic heterocycles. The van der Waals surface area contributed by atoms with E-state index < -0.39 is 0 Å². The van der Waals surface area contributed by atoms with Crippen molar-refractivity contribution in [3.05, 3.63) is 65.5 Å². The fraction of sp³-hybridized carbons (Fsp3) is 0.278. The van der Waals surface area contributed by atoms with Gasteiger partial charge in [-0.2, -0.15) is 0 Å². The number of rotatable bonds is 5. The van der Waals surface area contributed by atoms with Crippen LogP contribution in [0.2, 0.25) is 0 Å². The highest BCUT2D eigenvalue weighted by atomic mass is 19.1. The largest absolute Gasteiger partial charge is 0.490 e. The van der Waals surface area contributed by atoms with Crippen LogP contribution >= 0.6 is 0 Å². The predicted octanol–water partition coefficient (Wildman–Crippen LogP) is 4.10. The lowest BCUT2D eigenvalue weighted by molar-refractivity contribution is 0.0934. The summed E-state index contributed by atoms with van der Waals surface area (Å²) in [6.45, 7) is 5.68. The third kappa shape index (κ3) is 4.07. The molecule has 0 fully saturated rings. The average Bonchev–Trinajstić information content (AvgIpc) is 2.47. The first-order valence-electron chi connectivity index (χ1n) is 7.29. The van der Waals surface area contributed by atoms with E-state index in [9.17, 15) is 9.18 Å². The lowest BCUT2D eigenvalue weighted by Crippen LogP contribution is -2.27. The number of hydrogen-bond acceptors (Lipinski definition) is 2. The maximum absolute atomic E-state index is 12.9. The molecule has 0 aromatic heterocycles. The number of halogens is 1. The number of ether oxygens (including phenoxy) is 1. The fourth-order valence-corrected chi connectivity index (χ4v) is 2.12. The zero-order valence-corrected chi connectivity index (χ0v) is 13.0. The Kier molecular flexibility index (Phi) is 5.15. The quantitative estimate of drug-likeness (QED) is 0.902. The lowest BCUT2D eigenvalue weighted by atomic mass is 10.1. The van der Waals surface area contributed by atoms with Gasteiger partial charge in [0.2, 0.25) is 0 Å². The summed E-state index contributed by atoms with van der Waals surface area (Å²) in [5.74, 6) is 0.0485. The highest BCUT2D eigenvalue weighted by molar-refractivity contribution is 5.97. The van der Waals surface area contributed by atoms with Crippen molar-refractivity contribution in [2.24, 2.45) is 0 Å². The van der Waals surface area contributed by atoms with Crippen molar-refractivity contribution < 1.29 is 13.9 Å². The van der Waals surface area contributed by atoms with E-state index in [1.165, 1.54) is 12.1 Å². The smallest absolute Gasteiger partial charge is 0.255 e. The Morgan fingerprint density at radius 2 is 1.68 bits per heavy atom. The van der Waals surface area contributed by atoms with Gasteiger partial charge in [-0.1, -0.05) is 24.3 Å². The zero-order valence-electron chi connectivity index (χ0n) is 13.0. The molecular weight excluding hydrogens is 281 g/mol. The van der Waals surface area contributed by atoms with Crippen LogP contribution in [0.25, 0.3) is 0 Å². The van der Waals surface area contributed by atoms with Gasteiger partial charge in [-0.25, -0.2) is 4.39 Å². The van der Waals surface area contributed by atoms with Crippen molar-refractivity contribution in [1.82, 2.24) is 5.32 Å². The molecule has 0 bridgehead atoms. The Morgan fingerprint density at radius 1 is 1.05 bits per heavy atom. The second kappa shape index (κ2) is 7.07. The van der Waals surface area contributed by atoms with E-state index in [1.807, 2.05) is 26.8 Å². The van der Waals surface area contributed by atoms with Crippen molar-refractivity contribution in [2.75, 3.05) is 0 Å². The third-order valence-electron chi connectivity index (χ3n) is 3.21. The van der Waals surface area contributed by atoms with Crippen molar-refractivity contribution in [1.29, 1.82) is 0 Å². The molecule has 22 heavy (non-hydrogen) atoms. The van der Waals surface area contributed by atoms with Crippen molar-refractivity contribution in [3.63, 3.8) is 0 Å². The molecule has 0 radical (unpaired) electrons. The predicted molar refractivity (Wildman–Crippen MR) is 84.5 cm³/mol. The first kappa shape index (κ1) is 16.0. The number of carbonyl (C=O) groups excluding carboxylic acids is 1. The van der Waals surface area contributed by atoms with Gasteiger partial charge in [-0.15, -0.1) is 0 Å². The molecule has 0 heterocycles. The van der Waals surface area contributed by atoms with E-state index in [4.69, 9.17) is 4.74 Å². The molecule has 1 amide bonds. The minimum absolute atomic E-state index is 0.0107. The summed E-state index contributed by atoms with van der Waals surface area (Å²) in [6, 6.07) is 13.0. The molecule has 2 aromatic carbocycles. The van der Waals surface area contributed by atoms with Crippen LogP contribution in [0.4, 0.5) is 4.39 Å². The molecule has 0 aliphatic rings. The summed E-state index contributed by atoms with van der Waals surface area (Å²) in [7, 11) is 0. The molecule has 2 rings (SSSR count). The molecule has 1 N–H and O–H groups in total. The number of nitrogens with one attached hydrogen (secondary N) is 1. The molecule has 3 nitrogen and oxygen atoms in total. The maximum Gasteiger partial charge on any atom is 0.255 e. The highest BCUT2D eigenvalue weighted by Gasteiger charge is 2.16. The molecule has 116 valence electrons. The topological polar surface area (TPSA) is 38.3 Å². The van der Waals surface area contributed by atoms with Gasteiger partial charge >= 0.3 is 0 Å². The van der Waals surface area contributed by atoms with Gasteiger partial charge in [-0.3, -0.25) is 4.79 Å². The summed E-state index contributed by atoms with van der Waals surface area (Å²) in [5.41, 5.74) is 1.34. The van der Waals surface area contributed by atoms with Crippen LogP contribution in [0, 0.1) is 5.82 Å². The first-order chi connectivity index (χ1) is 10.5. The Balaban J connectivity index is 2.13. The molecule has 0 spiro atoms. The second-order valence-corrected chi connectivity index (χ2v) is 5.41. The van der Waals surface area contributed by atoms with E-state index in [1.54, 1.807) is 30.3 Å². The summed E-state index contributed by atoms with van der Waals surface area (Å²) >= 11 is 0. The van der Waals surface area contributed by atoms with Gasteiger partial charge in [0.05, 0.1) is 17.7 Å². The monoisotopic (exact) mass is 301 g/mol. The molecule has 0 aliphatic carbocycles. The van der Waals surface area contributed by atoms with Crippen LogP contribution in [0.3, 0.4) is 0 Å². The minimum Gasteiger partial charge on any atom is -0.490 e. The Hall–Kier alpha value is -2.36. The van der Waals surface area contributed by atoms with Gasteiger partial charge in [-0.05, 0) is 50.6 Å². The average molecular weight is 301 g/mol. The zero-order chi connectivity index (χ0) is 16.1. The van der Waals surface area contributed by atoms with Crippen molar-refractivity contribution in [2.45, 2.75) is 32.9 Å². The standard InChI is InChI=1S/C18H20FNO2/c1-12(2)22-17-7-5-4-6-16(17)18(21)20-13(3)14-8-10-15(19)11-9-14/h4-13H,1-3H3,(H,20,21)/t13-/m0/s1. The van der Waals surface area contributed by atoms with Crippen molar-refractivity contribution >= 4 is 5.91 Å². The van der Waals surface area contributed by atoms with E-state index in [0.29, 0.717) is 11.3 Å². The second-order valence-electron chi connectivity index (χ2n) is 5.41. The number of carbonyl (C=O) groups is 1. The summed E-state index contributed by atoms with van der Waals surface area (Å²) in [5, 5.41) is 2.90. The highest BCUT2D eigenvalue weighted by Crippen LogP contribution is 2.21. The van der Waals surface area contributed by atoms with Gasteiger partial charge in [0.15, 0.2) is 0 Å². The summed E-state index contributed by atoms with van der Waals surface area (Å²) < 4.78 is 18.6. The minimum atomic E-state index is -0.294. The Morgan fingerprint density at radius 3 is 2.32 bits per heavy atom. The molecule has 4 heteroatoms. The van der Waals surface area contributed by atoms with Crippen LogP contribution in [0.15, 0.2) is 48.5 Å². The number of hydrogen-bond donors (Lipinski definition) is 1. The maximum atomic E-state index is 12.9. The van der Waals surface area contributed by atoms with Gasteiger partial charge in [0.25, 0.3) is 5.91 Å². The van der Waals surface area contributed by atoms with Crippen LogP contribution in [0.5, 0.6) is 5.75 Å². The fourth-order valence-electron chi connectivity index (χ4n) is 2.12. The van der Waals surface area contributed by atoms with E-state index in [2.05, 4.69) is 5.32 Å². The van der Waals surface area contributed by atoms with E-state index in [0.717, 1.165) is 5.56 Å². The summed E-state index contributed by atoms with van der Waals surface area (Å²) in [6.07, 6.45) is -0.0107. The van der Waals surface area contributed by atoms with Gasteiger partial charge in [0.1, 0.15) is 11.6 Å². The van der Waals surface area contributed by atoms with Crippen LogP contribution in [0.1, 0.15) is 42.7 Å². The van der Waals surface area contributed by atoms with Crippen LogP contribution in [-0.2, 0) is 0 Å². The number of amides is 1. The lowest BCUT2D eigenvalue weighted by Gasteiger charge is -2.17. The normalized spacial score (nSPS) is 12.0. The molecule has 1 atom stereocenters. The molecule has 0 saturated heterocycles. The summed E-state index contributed by atoms with van der Waals surface area (Å²) in [4.78, 5) is 12.4. The van der Waals surface area contributed by atoms with Gasteiger partial charge < -0.3 is 10.1 Å². The Bertz CT molecular complexity index is 638. The Labute approximate surface area is 130 Å². The van der Waals surface area contributed by atoms with Gasteiger partial charge in [0, 0.05) is 0 Å². The van der Waals surface area contributed by atoms with Crippen LogP contribution in [-0.4, -0.2) is 12.0 Å². The number of para-hydroxylation sites is 1. The molecular formula is C18H20FNO2. The molecule has 0 saturated carbocycles.